The lowest BCUT2D eigenvalue weighted by molar-refractivity contribution is 0.228. The fraction of sp³-hybridized carbons (Fsp3) is 0.444. The van der Waals surface area contributed by atoms with Crippen molar-refractivity contribution in [1.82, 2.24) is 0 Å². The summed E-state index contributed by atoms with van der Waals surface area (Å²) in [6.07, 6.45) is 5.44. The molecule has 3 aliphatic rings. The van der Waals surface area contributed by atoms with E-state index < -0.39 is 10.0 Å². The molecule has 0 bridgehead atoms. The minimum Gasteiger partial charge on any atom is -0.262 e. The Balaban J connectivity index is 1.97. The topological polar surface area (TPSA) is 37.4 Å². The van der Waals surface area contributed by atoms with Crippen molar-refractivity contribution < 1.29 is 8.42 Å². The van der Waals surface area contributed by atoms with E-state index in [1.807, 2.05) is 24.3 Å². The second kappa shape index (κ2) is 4.64. The van der Waals surface area contributed by atoms with Crippen LogP contribution >= 0.6 is 11.6 Å². The summed E-state index contributed by atoms with van der Waals surface area (Å²) in [6, 6.07) is 5.46. The zero-order valence-electron chi connectivity index (χ0n) is 13.5. The molecule has 1 saturated heterocycles. The van der Waals surface area contributed by atoms with Gasteiger partial charge in [0.25, 0.3) is 10.0 Å². The molecule has 122 valence electrons. The maximum atomic E-state index is 13.3. The van der Waals surface area contributed by atoms with Crippen LogP contribution in [0.4, 0.5) is 5.69 Å². The van der Waals surface area contributed by atoms with E-state index in [1.165, 1.54) is 5.57 Å². The third kappa shape index (κ3) is 1.91. The Kier molecular flexibility index (Phi) is 3.08. The van der Waals surface area contributed by atoms with Gasteiger partial charge in [-0.25, -0.2) is 8.42 Å². The molecule has 0 N–H and O–H groups in total. The minimum absolute atomic E-state index is 0.0596. The van der Waals surface area contributed by atoms with Crippen LogP contribution in [0.1, 0.15) is 32.8 Å². The van der Waals surface area contributed by atoms with Crippen LogP contribution < -0.4 is 4.31 Å². The maximum Gasteiger partial charge on any atom is 0.261 e. The molecule has 0 radical (unpaired) electrons. The molecule has 4 rings (SSSR count). The van der Waals surface area contributed by atoms with Gasteiger partial charge in [0.2, 0.25) is 0 Å². The predicted molar refractivity (Wildman–Crippen MR) is 94.1 cm³/mol. The van der Waals surface area contributed by atoms with Crippen LogP contribution in [0.15, 0.2) is 40.8 Å². The molecule has 2 heterocycles. The largest absolute Gasteiger partial charge is 0.262 e. The van der Waals surface area contributed by atoms with Crippen LogP contribution in [-0.4, -0.2) is 14.5 Å². The standard InChI is InChI=1S/C18H20ClNO2S/c1-11-7-8-16-13(9-11)18(2,3)17-10-12-14(19)5-4-6-15(12)20(17)23(16,21)22/h4-6,8-9,13,17H,7,10H2,1-3H3/t13-,17-/m1/s1. The molecule has 3 nitrogen and oxygen atoms in total. The van der Waals surface area contributed by atoms with Crippen LogP contribution in [0.25, 0.3) is 0 Å². The highest BCUT2D eigenvalue weighted by Crippen LogP contribution is 2.55. The average molecular weight is 350 g/mol. The van der Waals surface area contributed by atoms with Crippen molar-refractivity contribution >= 4 is 27.3 Å². The number of nitrogens with zero attached hydrogens (tertiary/aromatic N) is 1. The van der Waals surface area contributed by atoms with Gasteiger partial charge < -0.3 is 0 Å². The Hall–Kier alpha value is -1.26. The Morgan fingerprint density at radius 2 is 2.04 bits per heavy atom. The van der Waals surface area contributed by atoms with Crippen LogP contribution in [0.5, 0.6) is 0 Å². The maximum absolute atomic E-state index is 13.3. The number of fused-ring (bicyclic) bond motifs is 4. The first-order valence-corrected chi connectivity index (χ1v) is 9.75. The molecule has 2 atom stereocenters. The lowest BCUT2D eigenvalue weighted by Gasteiger charge is -2.49. The summed E-state index contributed by atoms with van der Waals surface area (Å²) in [5.74, 6) is -0.0596. The van der Waals surface area contributed by atoms with Gasteiger partial charge in [-0.05, 0) is 42.9 Å². The van der Waals surface area contributed by atoms with Gasteiger partial charge in [-0.2, -0.15) is 0 Å². The highest BCUT2D eigenvalue weighted by Gasteiger charge is 2.56. The monoisotopic (exact) mass is 349 g/mol. The number of hydrogen-bond acceptors (Lipinski definition) is 2. The van der Waals surface area contributed by atoms with Crippen molar-refractivity contribution in [3.05, 3.63) is 51.4 Å². The molecule has 5 heteroatoms. The van der Waals surface area contributed by atoms with E-state index in [9.17, 15) is 8.42 Å². The van der Waals surface area contributed by atoms with E-state index >= 15 is 0 Å². The number of benzene rings is 1. The van der Waals surface area contributed by atoms with E-state index in [0.717, 1.165) is 11.3 Å². The summed E-state index contributed by atoms with van der Waals surface area (Å²) in [6.45, 7) is 6.42. The Labute approximate surface area is 142 Å². The molecular formula is C18H20ClNO2S. The molecule has 0 saturated carbocycles. The first kappa shape index (κ1) is 15.3. The summed E-state index contributed by atoms with van der Waals surface area (Å²) in [4.78, 5) is 0.553. The third-order valence-corrected chi connectivity index (χ3v) is 7.95. The Morgan fingerprint density at radius 3 is 2.78 bits per heavy atom. The second-order valence-electron chi connectivity index (χ2n) is 7.38. The molecule has 0 unspecified atom stereocenters. The van der Waals surface area contributed by atoms with E-state index in [0.29, 0.717) is 22.8 Å². The molecule has 23 heavy (non-hydrogen) atoms. The normalized spacial score (nSPS) is 30.0. The number of allylic oxidation sites excluding steroid dienone is 4. The van der Waals surface area contributed by atoms with Crippen LogP contribution in [0.3, 0.4) is 0 Å². The first-order valence-electron chi connectivity index (χ1n) is 7.94. The number of rotatable bonds is 0. The van der Waals surface area contributed by atoms with Crippen LogP contribution in [-0.2, 0) is 16.4 Å². The third-order valence-electron chi connectivity index (χ3n) is 5.61. The summed E-state index contributed by atoms with van der Waals surface area (Å²) >= 11 is 6.35. The van der Waals surface area contributed by atoms with Gasteiger partial charge in [-0.1, -0.05) is 49.2 Å². The van der Waals surface area contributed by atoms with Crippen LogP contribution in [0, 0.1) is 11.3 Å². The van der Waals surface area contributed by atoms with Crippen molar-refractivity contribution in [2.24, 2.45) is 11.3 Å². The number of sulfonamides is 1. The molecule has 0 amide bonds. The van der Waals surface area contributed by atoms with Crippen molar-refractivity contribution in [1.29, 1.82) is 0 Å². The Bertz CT molecular complexity index is 867. The predicted octanol–water partition coefficient (Wildman–Crippen LogP) is 4.29. The van der Waals surface area contributed by atoms with Crippen molar-refractivity contribution in [3.8, 4) is 0 Å². The molecule has 1 aromatic carbocycles. The van der Waals surface area contributed by atoms with E-state index in [4.69, 9.17) is 11.6 Å². The summed E-state index contributed by atoms with van der Waals surface area (Å²) in [5.41, 5.74) is 2.77. The van der Waals surface area contributed by atoms with Crippen molar-refractivity contribution in [2.45, 2.75) is 39.7 Å². The fourth-order valence-corrected chi connectivity index (χ4v) is 6.83. The van der Waals surface area contributed by atoms with Gasteiger partial charge in [0.15, 0.2) is 0 Å². The smallest absolute Gasteiger partial charge is 0.261 e. The highest BCUT2D eigenvalue weighted by atomic mass is 35.5. The number of hydrogen-bond donors (Lipinski definition) is 0. The van der Waals surface area contributed by atoms with Crippen molar-refractivity contribution in [2.75, 3.05) is 4.31 Å². The van der Waals surface area contributed by atoms with Crippen molar-refractivity contribution in [3.63, 3.8) is 0 Å². The molecule has 0 aromatic heterocycles. The number of anilines is 1. The van der Waals surface area contributed by atoms with Gasteiger partial charge in [0.05, 0.1) is 16.6 Å². The number of halogens is 1. The van der Waals surface area contributed by atoms with Gasteiger partial charge in [0, 0.05) is 10.9 Å². The zero-order chi connectivity index (χ0) is 16.6. The summed E-state index contributed by atoms with van der Waals surface area (Å²) < 4.78 is 28.2. The highest BCUT2D eigenvalue weighted by molar-refractivity contribution is 7.96. The lowest BCUT2D eigenvalue weighted by Crippen LogP contribution is -2.56. The lowest BCUT2D eigenvalue weighted by atomic mass is 9.69. The van der Waals surface area contributed by atoms with E-state index in [1.54, 1.807) is 4.31 Å². The van der Waals surface area contributed by atoms with Gasteiger partial charge in [-0.3, -0.25) is 4.31 Å². The zero-order valence-corrected chi connectivity index (χ0v) is 15.1. The molecule has 0 spiro atoms. The van der Waals surface area contributed by atoms with Crippen LogP contribution in [0.2, 0.25) is 5.02 Å². The van der Waals surface area contributed by atoms with Gasteiger partial charge >= 0.3 is 0 Å². The first-order chi connectivity index (χ1) is 10.7. The summed E-state index contributed by atoms with van der Waals surface area (Å²) in [5, 5.41) is 0.659. The Morgan fingerprint density at radius 1 is 1.30 bits per heavy atom. The fourth-order valence-electron chi connectivity index (χ4n) is 4.25. The SMILES string of the molecule is CC1=C[C@@H]2C(=CC1)S(=O)(=O)N1c3cccc(Cl)c3C[C@@H]1C2(C)C. The van der Waals surface area contributed by atoms with Gasteiger partial charge in [-0.15, -0.1) is 0 Å². The summed E-state index contributed by atoms with van der Waals surface area (Å²) in [7, 11) is -3.49. The minimum atomic E-state index is -3.49. The quantitative estimate of drug-likeness (QED) is 0.655. The average Bonchev–Trinajstić information content (AvgIpc) is 2.88. The molecule has 1 fully saturated rings. The van der Waals surface area contributed by atoms with E-state index in [-0.39, 0.29) is 17.4 Å². The second-order valence-corrected chi connectivity index (χ2v) is 9.60. The van der Waals surface area contributed by atoms with Gasteiger partial charge in [0.1, 0.15) is 0 Å². The molecule has 1 aliphatic carbocycles. The van der Waals surface area contributed by atoms with E-state index in [2.05, 4.69) is 26.8 Å². The molecular weight excluding hydrogens is 330 g/mol. The molecule has 1 aromatic rings. The molecule has 2 aliphatic heterocycles.